The van der Waals surface area contributed by atoms with Gasteiger partial charge in [0.25, 0.3) is 0 Å². The van der Waals surface area contributed by atoms with Crippen molar-refractivity contribution >= 4 is 33.0 Å². The van der Waals surface area contributed by atoms with Crippen LogP contribution in [0.15, 0.2) is 48.9 Å². The van der Waals surface area contributed by atoms with Crippen LogP contribution in [0.2, 0.25) is 0 Å². The van der Waals surface area contributed by atoms with Crippen molar-refractivity contribution < 1.29 is 5.06 Å². The van der Waals surface area contributed by atoms with E-state index in [1.165, 1.54) is 11.5 Å². The summed E-state index contributed by atoms with van der Waals surface area (Å²) in [6.07, 6.45) is 5.03. The average Bonchev–Trinajstić information content (AvgIpc) is 2.86. The first kappa shape index (κ1) is 10.3. The molecule has 0 radical (unpaired) electrons. The van der Waals surface area contributed by atoms with Gasteiger partial charge in [0.05, 0.1) is 4.70 Å². The van der Waals surface area contributed by atoms with E-state index in [-0.39, 0.29) is 5.06 Å². The average molecular weight is 243 g/mol. The van der Waals surface area contributed by atoms with E-state index in [1.807, 2.05) is 18.2 Å². The van der Waals surface area contributed by atoms with Gasteiger partial charge in [-0.25, -0.2) is 0 Å². The predicted molar refractivity (Wildman–Crippen MR) is 67.5 cm³/mol. The molecule has 0 aliphatic heterocycles. The molecule has 3 aromatic rings. The lowest BCUT2D eigenvalue weighted by Gasteiger charge is -2.20. The molecule has 1 unspecified atom stereocenters. The summed E-state index contributed by atoms with van der Waals surface area (Å²) in [5.41, 5.74) is 1.34. The normalized spacial score (nSPS) is 12.8. The number of hydrogen-bond acceptors (Lipinski definition) is 4. The molecule has 0 fully saturated rings. The largest absolute Gasteiger partial charge is 0.623 e. The van der Waals surface area contributed by atoms with Crippen LogP contribution in [0.5, 0.6) is 0 Å². The molecule has 0 saturated carbocycles. The highest BCUT2D eigenvalue weighted by Gasteiger charge is 2.07. The topological polar surface area (TPSA) is 53.3 Å². The van der Waals surface area contributed by atoms with Crippen LogP contribution < -0.4 is 5.06 Å². The van der Waals surface area contributed by atoms with Crippen molar-refractivity contribution in [2.24, 2.45) is 0 Å². The lowest BCUT2D eigenvalue weighted by atomic mass is 10.2. The molecule has 84 valence electrons. The zero-order chi connectivity index (χ0) is 11.7. The molecule has 0 bridgehead atoms. The van der Waals surface area contributed by atoms with Gasteiger partial charge < -0.3 is 10.3 Å². The molecule has 0 saturated heterocycles. The van der Waals surface area contributed by atoms with E-state index < -0.39 is 0 Å². The van der Waals surface area contributed by atoms with E-state index in [0.29, 0.717) is 11.4 Å². The van der Waals surface area contributed by atoms with Gasteiger partial charge in [0.15, 0.2) is 0 Å². The Bertz CT molecular complexity index is 638. The first-order valence-electron chi connectivity index (χ1n) is 5.14. The molecule has 1 atom stereocenters. The van der Waals surface area contributed by atoms with Gasteiger partial charge in [0.1, 0.15) is 11.4 Å². The number of pyridine rings is 1. The second-order valence-electron chi connectivity index (χ2n) is 3.64. The fourth-order valence-corrected chi connectivity index (χ4v) is 2.31. The zero-order valence-corrected chi connectivity index (χ0v) is 9.65. The predicted octanol–water partition coefficient (Wildman–Crippen LogP) is 2.04. The summed E-state index contributed by atoms with van der Waals surface area (Å²) in [5, 5.41) is 13.2. The molecule has 0 aliphatic rings. The van der Waals surface area contributed by atoms with Crippen LogP contribution in [0.3, 0.4) is 0 Å². The van der Waals surface area contributed by atoms with E-state index in [9.17, 15) is 5.21 Å². The molecule has 1 N–H and O–H groups in total. The number of aromatic nitrogens is 2. The Kier molecular flexibility index (Phi) is 2.56. The van der Waals surface area contributed by atoms with Crippen LogP contribution in [0.4, 0.5) is 11.4 Å². The molecule has 0 spiro atoms. The maximum atomic E-state index is 12.2. The third kappa shape index (κ3) is 1.91. The summed E-state index contributed by atoms with van der Waals surface area (Å²) in [5.74, 6) is 0. The van der Waals surface area contributed by atoms with Crippen molar-refractivity contribution in [1.29, 1.82) is 0 Å². The van der Waals surface area contributed by atoms with Gasteiger partial charge in [0, 0.05) is 48.2 Å². The van der Waals surface area contributed by atoms with E-state index in [2.05, 4.69) is 9.36 Å². The van der Waals surface area contributed by atoms with Crippen molar-refractivity contribution in [3.8, 4) is 0 Å². The summed E-state index contributed by atoms with van der Waals surface area (Å²) in [6.45, 7) is 0. The van der Waals surface area contributed by atoms with Gasteiger partial charge in [-0.2, -0.15) is 4.37 Å². The minimum absolute atomic E-state index is 0.0144. The third-order valence-electron chi connectivity index (χ3n) is 2.56. The third-order valence-corrected chi connectivity index (χ3v) is 3.34. The highest BCUT2D eigenvalue weighted by atomic mass is 32.1. The van der Waals surface area contributed by atoms with Gasteiger partial charge in [-0.05, 0) is 17.6 Å². The fourth-order valence-electron chi connectivity index (χ4n) is 1.68. The second-order valence-corrected chi connectivity index (χ2v) is 4.48. The first-order chi connectivity index (χ1) is 8.34. The Labute approximate surface area is 102 Å². The number of quaternary nitrogens is 1. The molecule has 2 aromatic heterocycles. The lowest BCUT2D eigenvalue weighted by Crippen LogP contribution is -2.96. The first-order valence-corrected chi connectivity index (χ1v) is 5.91. The Balaban J connectivity index is 2.03. The summed E-state index contributed by atoms with van der Waals surface area (Å²) in [6, 6.07) is 9.09. The Morgan fingerprint density at radius 2 is 1.88 bits per heavy atom. The van der Waals surface area contributed by atoms with E-state index in [4.69, 9.17) is 0 Å². The molecule has 17 heavy (non-hydrogen) atoms. The number of fused-ring (bicyclic) bond motifs is 1. The Morgan fingerprint density at radius 3 is 2.71 bits per heavy atom. The fraction of sp³-hybridized carbons (Fsp3) is 0. The number of nitrogens with one attached hydrogen (secondary N) is 1. The van der Waals surface area contributed by atoms with Gasteiger partial charge >= 0.3 is 0 Å². The van der Waals surface area contributed by atoms with Crippen LogP contribution in [-0.4, -0.2) is 9.36 Å². The number of nitrogens with zero attached hydrogens (tertiary/aromatic N) is 2. The summed E-state index contributed by atoms with van der Waals surface area (Å²) in [4.78, 5) is 3.90. The maximum absolute atomic E-state index is 12.2. The van der Waals surface area contributed by atoms with Crippen LogP contribution in [0, 0.1) is 5.21 Å². The minimum Gasteiger partial charge on any atom is -0.623 e. The molecule has 0 amide bonds. The smallest absolute Gasteiger partial charge is 0.139 e. The second kappa shape index (κ2) is 4.21. The zero-order valence-electron chi connectivity index (χ0n) is 8.83. The van der Waals surface area contributed by atoms with Crippen LogP contribution in [0.25, 0.3) is 10.1 Å². The van der Waals surface area contributed by atoms with Crippen molar-refractivity contribution in [2.45, 2.75) is 0 Å². The van der Waals surface area contributed by atoms with Crippen molar-refractivity contribution in [1.82, 2.24) is 9.36 Å². The molecular formula is C12H9N3OS. The quantitative estimate of drug-likeness (QED) is 0.701. The summed E-state index contributed by atoms with van der Waals surface area (Å²) in [7, 11) is 0. The lowest BCUT2D eigenvalue weighted by molar-refractivity contribution is -0.698. The number of hydrogen-bond donors (Lipinski definition) is 1. The molecule has 2 heterocycles. The number of rotatable bonds is 2. The van der Waals surface area contributed by atoms with Gasteiger partial charge in [0.2, 0.25) is 0 Å². The molecular weight excluding hydrogens is 234 g/mol. The minimum atomic E-state index is 0.0144. The molecule has 1 aromatic carbocycles. The maximum Gasteiger partial charge on any atom is 0.139 e. The number of benzene rings is 1. The van der Waals surface area contributed by atoms with Gasteiger partial charge in [-0.1, -0.05) is 0 Å². The van der Waals surface area contributed by atoms with Crippen LogP contribution in [0.1, 0.15) is 0 Å². The van der Waals surface area contributed by atoms with Gasteiger partial charge in [-0.3, -0.25) is 4.98 Å². The van der Waals surface area contributed by atoms with Crippen molar-refractivity contribution in [3.63, 3.8) is 0 Å². The van der Waals surface area contributed by atoms with E-state index in [0.717, 1.165) is 10.1 Å². The molecule has 4 nitrogen and oxygen atoms in total. The highest BCUT2D eigenvalue weighted by Crippen LogP contribution is 2.20. The highest BCUT2D eigenvalue weighted by molar-refractivity contribution is 7.13. The van der Waals surface area contributed by atoms with Crippen molar-refractivity contribution in [3.05, 3.63) is 54.1 Å². The van der Waals surface area contributed by atoms with Gasteiger partial charge in [-0.15, -0.1) is 0 Å². The molecule has 0 aliphatic carbocycles. The standard InChI is InChI=1S/C12H9N3OS/c16-15(10-3-5-13-6-4-10)11-1-2-12-9(7-11)8-14-17-12/h1-8,15H. The van der Waals surface area contributed by atoms with Crippen LogP contribution >= 0.6 is 11.5 Å². The van der Waals surface area contributed by atoms with Crippen LogP contribution in [-0.2, 0) is 0 Å². The SMILES string of the molecule is [O-][NH+](c1ccncc1)c1ccc2sncc2c1. The molecule has 5 heteroatoms. The van der Waals surface area contributed by atoms with E-state index in [1.54, 1.807) is 30.7 Å². The summed E-state index contributed by atoms with van der Waals surface area (Å²) >= 11 is 1.43. The Hall–Kier alpha value is -1.82. The van der Waals surface area contributed by atoms with E-state index >= 15 is 0 Å². The summed E-state index contributed by atoms with van der Waals surface area (Å²) < 4.78 is 5.19. The Morgan fingerprint density at radius 1 is 1.06 bits per heavy atom. The van der Waals surface area contributed by atoms with Crippen molar-refractivity contribution in [2.75, 3.05) is 0 Å². The molecule has 3 rings (SSSR count). The monoisotopic (exact) mass is 243 g/mol.